The van der Waals surface area contributed by atoms with Gasteiger partial charge < -0.3 is 18.9 Å². The molecule has 0 aliphatic rings. The number of carbonyl (C=O) groups is 1. The number of halogens is 1. The second-order valence-corrected chi connectivity index (χ2v) is 5.85. The standard InChI is InChI=1S/C19H29ClO5/c20-9-3-1-2-4-10-22-11-12-23-13-14-24-15-16-25-19-7-5-18(17-21)6-8-19/h5-8,17H,1-4,9-16H2. The van der Waals surface area contributed by atoms with Crippen molar-refractivity contribution >= 4 is 17.9 Å². The Hall–Kier alpha value is -1.14. The first kappa shape index (κ1) is 21.9. The van der Waals surface area contributed by atoms with E-state index in [9.17, 15) is 4.79 Å². The number of aldehydes is 1. The highest BCUT2D eigenvalue weighted by atomic mass is 35.5. The Kier molecular flexibility index (Phi) is 14.3. The molecule has 1 rings (SSSR count). The zero-order valence-electron chi connectivity index (χ0n) is 14.8. The first-order chi connectivity index (χ1) is 12.4. The number of hydrogen-bond acceptors (Lipinski definition) is 5. The van der Waals surface area contributed by atoms with Crippen molar-refractivity contribution in [3.8, 4) is 5.75 Å². The zero-order valence-corrected chi connectivity index (χ0v) is 15.5. The molecule has 0 aromatic heterocycles. The molecule has 25 heavy (non-hydrogen) atoms. The molecular weight excluding hydrogens is 344 g/mol. The summed E-state index contributed by atoms with van der Waals surface area (Å²) in [5.41, 5.74) is 0.635. The SMILES string of the molecule is O=Cc1ccc(OCCOCCOCCOCCCCCCCl)cc1. The van der Waals surface area contributed by atoms with E-state index >= 15 is 0 Å². The smallest absolute Gasteiger partial charge is 0.150 e. The molecule has 0 amide bonds. The van der Waals surface area contributed by atoms with Crippen molar-refractivity contribution in [3.05, 3.63) is 29.8 Å². The van der Waals surface area contributed by atoms with Crippen LogP contribution in [0.5, 0.6) is 5.75 Å². The monoisotopic (exact) mass is 372 g/mol. The summed E-state index contributed by atoms with van der Waals surface area (Å²) in [5, 5.41) is 0. The molecule has 0 fully saturated rings. The molecule has 0 unspecified atom stereocenters. The molecule has 0 spiro atoms. The number of ether oxygens (including phenoxy) is 4. The number of benzene rings is 1. The number of alkyl halides is 1. The van der Waals surface area contributed by atoms with E-state index in [-0.39, 0.29) is 0 Å². The van der Waals surface area contributed by atoms with Gasteiger partial charge >= 0.3 is 0 Å². The minimum Gasteiger partial charge on any atom is -0.491 e. The Balaban J connectivity index is 1.79. The largest absolute Gasteiger partial charge is 0.491 e. The van der Waals surface area contributed by atoms with E-state index in [0.29, 0.717) is 45.2 Å². The van der Waals surface area contributed by atoms with E-state index in [2.05, 4.69) is 0 Å². The third kappa shape index (κ3) is 12.8. The molecule has 0 aliphatic heterocycles. The van der Waals surface area contributed by atoms with Crippen molar-refractivity contribution in [3.63, 3.8) is 0 Å². The Bertz CT molecular complexity index is 424. The molecule has 142 valence electrons. The lowest BCUT2D eigenvalue weighted by Gasteiger charge is -2.08. The van der Waals surface area contributed by atoms with Crippen molar-refractivity contribution < 1.29 is 23.7 Å². The minimum absolute atomic E-state index is 0.466. The van der Waals surface area contributed by atoms with Crippen LogP contribution in [0, 0.1) is 0 Å². The predicted molar refractivity (Wildman–Crippen MR) is 99.0 cm³/mol. The Morgan fingerprint density at radius 1 is 0.720 bits per heavy atom. The van der Waals surface area contributed by atoms with Gasteiger partial charge in [-0.05, 0) is 37.1 Å². The molecular formula is C19H29ClO5. The summed E-state index contributed by atoms with van der Waals surface area (Å²) in [6, 6.07) is 6.98. The maximum absolute atomic E-state index is 10.5. The lowest BCUT2D eigenvalue weighted by atomic mass is 10.2. The number of hydrogen-bond donors (Lipinski definition) is 0. The summed E-state index contributed by atoms with van der Waals surface area (Å²) in [7, 11) is 0. The summed E-state index contributed by atoms with van der Waals surface area (Å²) >= 11 is 5.62. The molecule has 0 saturated carbocycles. The van der Waals surface area contributed by atoms with Crippen LogP contribution in [0.25, 0.3) is 0 Å². The van der Waals surface area contributed by atoms with Gasteiger partial charge in [0.15, 0.2) is 0 Å². The summed E-state index contributed by atoms with van der Waals surface area (Å²) in [6.45, 7) is 4.04. The van der Waals surface area contributed by atoms with E-state index in [1.807, 2.05) is 0 Å². The van der Waals surface area contributed by atoms with Crippen LogP contribution in [0.2, 0.25) is 0 Å². The fourth-order valence-electron chi connectivity index (χ4n) is 2.06. The average molecular weight is 373 g/mol. The minimum atomic E-state index is 0.466. The van der Waals surface area contributed by atoms with Crippen molar-refractivity contribution in [2.24, 2.45) is 0 Å². The summed E-state index contributed by atoms with van der Waals surface area (Å²) in [5.74, 6) is 1.47. The number of unbranched alkanes of at least 4 members (excludes halogenated alkanes) is 3. The lowest BCUT2D eigenvalue weighted by molar-refractivity contribution is 0.00879. The van der Waals surface area contributed by atoms with E-state index in [1.54, 1.807) is 24.3 Å². The fraction of sp³-hybridized carbons (Fsp3) is 0.632. The molecule has 0 heterocycles. The molecule has 0 N–H and O–H groups in total. The van der Waals surface area contributed by atoms with Crippen molar-refractivity contribution in [2.75, 3.05) is 52.1 Å². The highest BCUT2D eigenvalue weighted by molar-refractivity contribution is 6.17. The van der Waals surface area contributed by atoms with Crippen molar-refractivity contribution in [1.82, 2.24) is 0 Å². The van der Waals surface area contributed by atoms with Crippen LogP contribution in [0.4, 0.5) is 0 Å². The molecule has 0 saturated heterocycles. The first-order valence-electron chi connectivity index (χ1n) is 8.84. The zero-order chi connectivity index (χ0) is 18.0. The summed E-state index contributed by atoms with van der Waals surface area (Å²) < 4.78 is 21.8. The van der Waals surface area contributed by atoms with Gasteiger partial charge in [0, 0.05) is 18.1 Å². The van der Waals surface area contributed by atoms with Gasteiger partial charge in [0.05, 0.1) is 33.0 Å². The normalized spacial score (nSPS) is 10.8. The van der Waals surface area contributed by atoms with Gasteiger partial charge in [0.25, 0.3) is 0 Å². The van der Waals surface area contributed by atoms with Gasteiger partial charge in [-0.3, -0.25) is 4.79 Å². The Morgan fingerprint density at radius 2 is 1.28 bits per heavy atom. The van der Waals surface area contributed by atoms with Crippen molar-refractivity contribution in [1.29, 1.82) is 0 Å². The van der Waals surface area contributed by atoms with E-state index in [0.717, 1.165) is 37.4 Å². The van der Waals surface area contributed by atoms with Crippen LogP contribution in [-0.2, 0) is 14.2 Å². The topological polar surface area (TPSA) is 54.0 Å². The van der Waals surface area contributed by atoms with Gasteiger partial charge in [-0.2, -0.15) is 0 Å². The Labute approximate surface area is 155 Å². The maximum Gasteiger partial charge on any atom is 0.150 e. The van der Waals surface area contributed by atoms with E-state index in [4.69, 9.17) is 30.5 Å². The molecule has 0 radical (unpaired) electrons. The van der Waals surface area contributed by atoms with Crippen LogP contribution in [0.3, 0.4) is 0 Å². The van der Waals surface area contributed by atoms with E-state index in [1.165, 1.54) is 12.8 Å². The highest BCUT2D eigenvalue weighted by Gasteiger charge is 1.96. The van der Waals surface area contributed by atoms with Gasteiger partial charge in [-0.1, -0.05) is 12.8 Å². The van der Waals surface area contributed by atoms with Gasteiger partial charge in [0.2, 0.25) is 0 Å². The van der Waals surface area contributed by atoms with Crippen LogP contribution in [0.1, 0.15) is 36.0 Å². The highest BCUT2D eigenvalue weighted by Crippen LogP contribution is 2.10. The molecule has 0 bridgehead atoms. The molecule has 0 aliphatic carbocycles. The number of carbonyl (C=O) groups excluding carboxylic acids is 1. The molecule has 0 atom stereocenters. The first-order valence-corrected chi connectivity index (χ1v) is 9.37. The second kappa shape index (κ2) is 16.3. The average Bonchev–Trinajstić information content (AvgIpc) is 2.65. The predicted octanol–water partition coefficient (Wildman–Crippen LogP) is 3.73. The third-order valence-electron chi connectivity index (χ3n) is 3.43. The lowest BCUT2D eigenvalue weighted by Crippen LogP contribution is -2.13. The van der Waals surface area contributed by atoms with Gasteiger partial charge in [-0.15, -0.1) is 11.6 Å². The third-order valence-corrected chi connectivity index (χ3v) is 3.70. The maximum atomic E-state index is 10.5. The molecule has 6 heteroatoms. The van der Waals surface area contributed by atoms with Crippen molar-refractivity contribution in [2.45, 2.75) is 25.7 Å². The van der Waals surface area contributed by atoms with E-state index < -0.39 is 0 Å². The second-order valence-electron chi connectivity index (χ2n) is 5.48. The Morgan fingerprint density at radius 3 is 1.88 bits per heavy atom. The van der Waals surface area contributed by atoms with Crippen LogP contribution < -0.4 is 4.74 Å². The van der Waals surface area contributed by atoms with Crippen LogP contribution in [0.15, 0.2) is 24.3 Å². The molecule has 1 aromatic rings. The van der Waals surface area contributed by atoms with Crippen LogP contribution in [-0.4, -0.2) is 58.4 Å². The number of rotatable bonds is 17. The quantitative estimate of drug-likeness (QED) is 0.237. The summed E-state index contributed by atoms with van der Waals surface area (Å²) in [4.78, 5) is 10.5. The van der Waals surface area contributed by atoms with Gasteiger partial charge in [0.1, 0.15) is 18.6 Å². The molecule has 1 aromatic carbocycles. The molecule has 5 nitrogen and oxygen atoms in total. The summed E-state index contributed by atoms with van der Waals surface area (Å²) in [6.07, 6.45) is 5.32. The fourth-order valence-corrected chi connectivity index (χ4v) is 2.24. The van der Waals surface area contributed by atoms with Crippen LogP contribution >= 0.6 is 11.6 Å². The van der Waals surface area contributed by atoms with Gasteiger partial charge in [-0.25, -0.2) is 0 Å².